The van der Waals surface area contributed by atoms with Crippen molar-refractivity contribution in [3.63, 3.8) is 0 Å². The fourth-order valence-electron chi connectivity index (χ4n) is 3.32. The van der Waals surface area contributed by atoms with E-state index in [9.17, 15) is 5.11 Å². The first kappa shape index (κ1) is 13.8. The molecule has 4 heteroatoms. The minimum Gasteiger partial charge on any atom is -0.392 e. The summed E-state index contributed by atoms with van der Waals surface area (Å²) in [6.07, 6.45) is 3.88. The van der Waals surface area contributed by atoms with E-state index in [2.05, 4.69) is 29.5 Å². The van der Waals surface area contributed by atoms with Crippen LogP contribution in [0.4, 0.5) is 0 Å². The van der Waals surface area contributed by atoms with Gasteiger partial charge in [-0.15, -0.1) is 11.3 Å². The summed E-state index contributed by atoms with van der Waals surface area (Å²) in [6, 6.07) is 4.31. The van der Waals surface area contributed by atoms with Gasteiger partial charge < -0.3 is 5.11 Å². The summed E-state index contributed by atoms with van der Waals surface area (Å²) >= 11 is 1.84. The number of aliphatic hydroxyl groups excluding tert-OH is 1. The van der Waals surface area contributed by atoms with Crippen LogP contribution < -0.4 is 0 Å². The zero-order valence-electron chi connectivity index (χ0n) is 12.2. The first-order valence-electron chi connectivity index (χ1n) is 7.46. The number of fused-ring (bicyclic) bond motifs is 1. The van der Waals surface area contributed by atoms with Crippen molar-refractivity contribution in [1.29, 1.82) is 0 Å². The highest BCUT2D eigenvalue weighted by Gasteiger charge is 2.28. The Kier molecular flexibility index (Phi) is 3.94. The van der Waals surface area contributed by atoms with Crippen molar-refractivity contribution in [2.24, 2.45) is 0 Å². The Morgan fingerprint density at radius 3 is 3.20 bits per heavy atom. The van der Waals surface area contributed by atoms with Gasteiger partial charge in [0.1, 0.15) is 0 Å². The molecule has 0 saturated carbocycles. The van der Waals surface area contributed by atoms with Crippen molar-refractivity contribution >= 4 is 11.3 Å². The van der Waals surface area contributed by atoms with Crippen molar-refractivity contribution in [2.45, 2.75) is 58.1 Å². The molecule has 3 nitrogen and oxygen atoms in total. The summed E-state index contributed by atoms with van der Waals surface area (Å²) in [4.78, 5) is 1.47. The third-order valence-corrected chi connectivity index (χ3v) is 5.26. The lowest BCUT2D eigenvalue weighted by atomic mass is 9.82. The summed E-state index contributed by atoms with van der Waals surface area (Å²) in [5, 5.41) is 17.3. The second kappa shape index (κ2) is 5.70. The molecule has 108 valence electrons. The van der Waals surface area contributed by atoms with Gasteiger partial charge in [-0.2, -0.15) is 5.10 Å². The Labute approximate surface area is 124 Å². The van der Waals surface area contributed by atoms with Crippen LogP contribution in [0.25, 0.3) is 0 Å². The molecule has 0 spiro atoms. The quantitative estimate of drug-likeness (QED) is 0.938. The minimum absolute atomic E-state index is 0.297. The molecule has 2 unspecified atom stereocenters. The van der Waals surface area contributed by atoms with E-state index in [1.165, 1.54) is 23.3 Å². The van der Waals surface area contributed by atoms with Crippen molar-refractivity contribution in [1.82, 2.24) is 9.78 Å². The fraction of sp³-hybridized carbons (Fsp3) is 0.562. The van der Waals surface area contributed by atoms with Crippen LogP contribution in [0.1, 0.15) is 47.5 Å². The molecule has 2 aromatic rings. The topological polar surface area (TPSA) is 38.0 Å². The van der Waals surface area contributed by atoms with Crippen molar-refractivity contribution in [3.8, 4) is 0 Å². The van der Waals surface area contributed by atoms with Crippen LogP contribution >= 0.6 is 11.3 Å². The van der Waals surface area contributed by atoms with Gasteiger partial charge in [0, 0.05) is 29.5 Å². The predicted octanol–water partition coefficient (Wildman–Crippen LogP) is 3.30. The normalized spacial score (nSPS) is 19.9. The van der Waals surface area contributed by atoms with Gasteiger partial charge >= 0.3 is 0 Å². The van der Waals surface area contributed by atoms with E-state index in [1.54, 1.807) is 0 Å². The minimum atomic E-state index is -0.301. The number of hydrogen-bond donors (Lipinski definition) is 1. The number of nitrogens with zero attached hydrogens (tertiary/aromatic N) is 2. The van der Waals surface area contributed by atoms with Gasteiger partial charge in [0.05, 0.1) is 11.8 Å². The number of thiophene rings is 1. The first-order valence-corrected chi connectivity index (χ1v) is 8.34. The summed E-state index contributed by atoms with van der Waals surface area (Å²) in [5.74, 6) is 0.297. The molecule has 0 saturated heterocycles. The van der Waals surface area contributed by atoms with E-state index >= 15 is 0 Å². The first-order chi connectivity index (χ1) is 9.69. The SMILES string of the molecule is CCn1nc(C)cc1CC(O)C1CCCc2sccc21. The zero-order valence-corrected chi connectivity index (χ0v) is 13.0. The highest BCUT2D eigenvalue weighted by Crippen LogP contribution is 2.37. The number of hydrogen-bond acceptors (Lipinski definition) is 3. The Hall–Kier alpha value is -1.13. The van der Waals surface area contributed by atoms with Gasteiger partial charge in [0.15, 0.2) is 0 Å². The molecule has 2 aromatic heterocycles. The predicted molar refractivity (Wildman–Crippen MR) is 82.3 cm³/mol. The number of aliphatic hydroxyl groups is 1. The van der Waals surface area contributed by atoms with Gasteiger partial charge in [-0.05, 0) is 56.2 Å². The summed E-state index contributed by atoms with van der Waals surface area (Å²) < 4.78 is 2.01. The Bertz CT molecular complexity index is 587. The maximum Gasteiger partial charge on any atom is 0.0664 e. The van der Waals surface area contributed by atoms with Crippen LogP contribution in [0.5, 0.6) is 0 Å². The Balaban J connectivity index is 1.79. The van der Waals surface area contributed by atoms with Crippen molar-refractivity contribution in [2.75, 3.05) is 0 Å². The largest absolute Gasteiger partial charge is 0.392 e. The molecule has 1 N–H and O–H groups in total. The zero-order chi connectivity index (χ0) is 14.1. The number of rotatable bonds is 4. The van der Waals surface area contributed by atoms with Crippen molar-refractivity contribution < 1.29 is 5.11 Å². The molecule has 3 rings (SSSR count). The summed E-state index contributed by atoms with van der Waals surface area (Å²) in [6.45, 7) is 4.98. The third-order valence-electron chi connectivity index (χ3n) is 4.27. The van der Waals surface area contributed by atoms with E-state index in [4.69, 9.17) is 0 Å². The van der Waals surface area contributed by atoms with Gasteiger partial charge in [0.2, 0.25) is 0 Å². The van der Waals surface area contributed by atoms with E-state index in [0.717, 1.165) is 24.4 Å². The van der Waals surface area contributed by atoms with Crippen LogP contribution in [0, 0.1) is 6.92 Å². The lowest BCUT2D eigenvalue weighted by Crippen LogP contribution is -2.25. The molecule has 2 heterocycles. The lowest BCUT2D eigenvalue weighted by Gasteiger charge is -2.27. The molecule has 0 amide bonds. The molecular formula is C16H22N2OS. The molecule has 1 aliphatic rings. The molecule has 0 radical (unpaired) electrons. The van der Waals surface area contributed by atoms with Crippen LogP contribution in [0.3, 0.4) is 0 Å². The molecule has 0 aliphatic heterocycles. The number of aromatic nitrogens is 2. The average molecular weight is 290 g/mol. The Morgan fingerprint density at radius 2 is 2.40 bits per heavy atom. The molecular weight excluding hydrogens is 268 g/mol. The van der Waals surface area contributed by atoms with E-state index < -0.39 is 0 Å². The average Bonchev–Trinajstić information content (AvgIpc) is 3.04. The third kappa shape index (κ3) is 2.54. The maximum absolute atomic E-state index is 10.7. The fourth-order valence-corrected chi connectivity index (χ4v) is 4.31. The maximum atomic E-state index is 10.7. The molecule has 2 atom stereocenters. The van der Waals surface area contributed by atoms with Crippen LogP contribution in [-0.4, -0.2) is 21.0 Å². The second-order valence-electron chi connectivity index (χ2n) is 5.66. The van der Waals surface area contributed by atoms with Gasteiger partial charge in [-0.1, -0.05) is 0 Å². The summed E-state index contributed by atoms with van der Waals surface area (Å²) in [7, 11) is 0. The van der Waals surface area contributed by atoms with E-state index in [1.807, 2.05) is 22.9 Å². The molecule has 0 fully saturated rings. The van der Waals surface area contributed by atoms with Gasteiger partial charge in [0.25, 0.3) is 0 Å². The van der Waals surface area contributed by atoms with Crippen LogP contribution in [0.15, 0.2) is 17.5 Å². The number of aryl methyl sites for hydroxylation is 3. The second-order valence-corrected chi connectivity index (χ2v) is 6.66. The van der Waals surface area contributed by atoms with E-state index in [0.29, 0.717) is 12.3 Å². The monoisotopic (exact) mass is 290 g/mol. The van der Waals surface area contributed by atoms with Crippen molar-refractivity contribution in [3.05, 3.63) is 39.3 Å². The molecule has 0 aromatic carbocycles. The smallest absolute Gasteiger partial charge is 0.0664 e. The molecule has 20 heavy (non-hydrogen) atoms. The highest BCUT2D eigenvalue weighted by atomic mass is 32.1. The van der Waals surface area contributed by atoms with E-state index in [-0.39, 0.29) is 6.10 Å². The van der Waals surface area contributed by atoms with Crippen LogP contribution in [-0.2, 0) is 19.4 Å². The molecule has 0 bridgehead atoms. The lowest BCUT2D eigenvalue weighted by molar-refractivity contribution is 0.132. The highest BCUT2D eigenvalue weighted by molar-refractivity contribution is 7.10. The van der Waals surface area contributed by atoms with Gasteiger partial charge in [-0.25, -0.2) is 0 Å². The van der Waals surface area contributed by atoms with Gasteiger partial charge in [-0.3, -0.25) is 4.68 Å². The summed E-state index contributed by atoms with van der Waals surface area (Å²) in [5.41, 5.74) is 3.57. The van der Waals surface area contributed by atoms with Crippen LogP contribution in [0.2, 0.25) is 0 Å². The standard InChI is InChI=1S/C16H22N2OS/c1-3-18-12(9-11(2)17-18)10-15(19)13-5-4-6-16-14(13)7-8-20-16/h7-9,13,15,19H,3-6,10H2,1-2H3. The molecule has 1 aliphatic carbocycles. The Morgan fingerprint density at radius 1 is 1.55 bits per heavy atom.